The van der Waals surface area contributed by atoms with E-state index in [9.17, 15) is 19.5 Å². The zero-order chi connectivity index (χ0) is 24.1. The van der Waals surface area contributed by atoms with Crippen LogP contribution in [0.25, 0.3) is 10.9 Å². The molecule has 8 N–H and O–H groups in total. The average molecular weight is 473 g/mol. The number of amides is 1. The lowest BCUT2D eigenvalue weighted by molar-refractivity contribution is -0.140. The van der Waals surface area contributed by atoms with Crippen molar-refractivity contribution in [1.82, 2.24) is 15.3 Å². The molecule has 0 aliphatic rings. The van der Waals surface area contributed by atoms with E-state index < -0.39 is 30.3 Å². The smallest absolute Gasteiger partial charge is 0.326 e. The molecule has 0 saturated heterocycles. The molecule has 1 unspecified atom stereocenters. The number of rotatable bonds is 9. The minimum absolute atomic E-state index is 0.0508. The number of nitrogens with one attached hydrogen (secondary N) is 2. The Balaban J connectivity index is 1.73. The highest BCUT2D eigenvalue weighted by Gasteiger charge is 2.23. The van der Waals surface area contributed by atoms with Crippen LogP contribution < -0.4 is 22.1 Å². The van der Waals surface area contributed by atoms with Crippen LogP contribution in [-0.4, -0.2) is 44.1 Å². The van der Waals surface area contributed by atoms with Gasteiger partial charge in [-0.3, -0.25) is 9.59 Å². The van der Waals surface area contributed by atoms with Crippen molar-refractivity contribution in [3.63, 3.8) is 0 Å². The van der Waals surface area contributed by atoms with E-state index in [1.807, 2.05) is 12.1 Å². The van der Waals surface area contributed by atoms with E-state index in [1.54, 1.807) is 12.1 Å². The summed E-state index contributed by atoms with van der Waals surface area (Å²) in [6, 6.07) is 8.71. The number of fused-ring (bicyclic) bond motifs is 1. The number of nitrogens with two attached hydrogens (primary N) is 2. The van der Waals surface area contributed by atoms with Gasteiger partial charge in [0.25, 0.3) is 5.91 Å². The van der Waals surface area contributed by atoms with Gasteiger partial charge in [0.2, 0.25) is 5.95 Å². The van der Waals surface area contributed by atoms with E-state index in [4.69, 9.17) is 28.2 Å². The van der Waals surface area contributed by atoms with Gasteiger partial charge in [-0.1, -0.05) is 17.7 Å². The van der Waals surface area contributed by atoms with Crippen molar-refractivity contribution in [2.75, 3.05) is 16.8 Å². The molecule has 172 valence electrons. The Morgan fingerprint density at radius 3 is 2.52 bits per heavy atom. The van der Waals surface area contributed by atoms with Crippen LogP contribution in [0.15, 0.2) is 36.4 Å². The number of hydrogen-bond acceptors (Lipinski definition) is 8. The van der Waals surface area contributed by atoms with Gasteiger partial charge in [0.1, 0.15) is 11.9 Å². The number of nitrogens with zero attached hydrogens (tertiary/aromatic N) is 2. The predicted molar refractivity (Wildman–Crippen MR) is 123 cm³/mol. The van der Waals surface area contributed by atoms with E-state index in [2.05, 4.69) is 20.6 Å². The van der Waals surface area contributed by atoms with Crippen LogP contribution in [0.1, 0.15) is 28.8 Å². The molecule has 11 nitrogen and oxygen atoms in total. The van der Waals surface area contributed by atoms with Gasteiger partial charge in [0.15, 0.2) is 0 Å². The van der Waals surface area contributed by atoms with E-state index in [0.717, 1.165) is 5.56 Å². The first-order valence-corrected chi connectivity index (χ1v) is 10.1. The molecule has 1 atom stereocenters. The van der Waals surface area contributed by atoms with E-state index in [1.165, 1.54) is 12.1 Å². The highest BCUT2D eigenvalue weighted by molar-refractivity contribution is 6.34. The first kappa shape index (κ1) is 23.5. The number of carboxylic acid groups (broad SMARTS) is 2. The van der Waals surface area contributed by atoms with E-state index in [0.29, 0.717) is 23.1 Å². The first-order chi connectivity index (χ1) is 15.6. The van der Waals surface area contributed by atoms with Gasteiger partial charge >= 0.3 is 11.9 Å². The van der Waals surface area contributed by atoms with Crippen molar-refractivity contribution in [2.45, 2.75) is 25.4 Å². The van der Waals surface area contributed by atoms with Gasteiger partial charge < -0.3 is 32.3 Å². The van der Waals surface area contributed by atoms with Crippen LogP contribution in [0.3, 0.4) is 0 Å². The second-order valence-corrected chi connectivity index (χ2v) is 7.57. The Bertz CT molecular complexity index is 1240. The number of nitrogen functional groups attached to an aromatic ring is 2. The molecule has 0 saturated carbocycles. The summed E-state index contributed by atoms with van der Waals surface area (Å²) in [7, 11) is 0. The number of anilines is 3. The Hall–Kier alpha value is -4.12. The molecular formula is C21H21ClN6O5. The fourth-order valence-corrected chi connectivity index (χ4v) is 3.31. The number of carbonyl (C=O) groups excluding carboxylic acids is 1. The maximum atomic E-state index is 12.6. The second kappa shape index (κ2) is 10.0. The summed E-state index contributed by atoms with van der Waals surface area (Å²) in [5.41, 5.74) is 13.6. The number of halogens is 1. The summed E-state index contributed by atoms with van der Waals surface area (Å²) in [4.78, 5) is 42.7. The zero-order valence-electron chi connectivity index (χ0n) is 17.2. The van der Waals surface area contributed by atoms with Crippen LogP contribution in [0, 0.1) is 0 Å². The Morgan fingerprint density at radius 2 is 1.82 bits per heavy atom. The van der Waals surface area contributed by atoms with Gasteiger partial charge in [-0.25, -0.2) is 9.78 Å². The van der Waals surface area contributed by atoms with Gasteiger partial charge in [0, 0.05) is 24.0 Å². The fraction of sp³-hybridized carbons (Fsp3) is 0.190. The number of aromatic nitrogens is 2. The Labute approximate surface area is 192 Å². The molecule has 3 rings (SSSR count). The highest BCUT2D eigenvalue weighted by atomic mass is 35.5. The molecule has 0 radical (unpaired) electrons. The van der Waals surface area contributed by atoms with E-state index in [-0.39, 0.29) is 28.8 Å². The van der Waals surface area contributed by atoms with Crippen molar-refractivity contribution in [3.05, 3.63) is 52.5 Å². The van der Waals surface area contributed by atoms with Crippen molar-refractivity contribution >= 4 is 57.8 Å². The normalized spacial score (nSPS) is 11.7. The number of hydrogen-bond donors (Lipinski definition) is 6. The van der Waals surface area contributed by atoms with Crippen molar-refractivity contribution in [2.24, 2.45) is 0 Å². The monoisotopic (exact) mass is 472 g/mol. The van der Waals surface area contributed by atoms with Crippen LogP contribution in [0.5, 0.6) is 0 Å². The van der Waals surface area contributed by atoms with Crippen LogP contribution in [0.2, 0.25) is 5.02 Å². The molecule has 1 aromatic heterocycles. The SMILES string of the molecule is Nc1nc(N)c2cc(CNc3ccc(Cl)c(C(=O)NC(CCC(=O)O)C(=O)O)c3)ccc2n1. The lowest BCUT2D eigenvalue weighted by atomic mass is 10.1. The molecule has 1 amide bonds. The molecule has 0 bridgehead atoms. The standard InChI is InChI=1S/C21H21ClN6O5/c22-14-3-2-11(8-12(14)19(31)26-16(20(32)33)5-6-17(29)30)25-9-10-1-4-15-13(7-10)18(23)28-21(24)27-15/h1-4,7-8,16,25H,5-6,9H2,(H,26,31)(H,29,30)(H,32,33)(H4,23,24,27,28). The summed E-state index contributed by atoms with van der Waals surface area (Å²) in [6.45, 7) is 0.374. The van der Waals surface area contributed by atoms with Crippen LogP contribution >= 0.6 is 11.6 Å². The summed E-state index contributed by atoms with van der Waals surface area (Å²) in [5, 5.41) is 24.2. The van der Waals surface area contributed by atoms with Gasteiger partial charge in [-0.2, -0.15) is 4.98 Å². The lowest BCUT2D eigenvalue weighted by Gasteiger charge is -2.15. The van der Waals surface area contributed by atoms with Crippen molar-refractivity contribution in [3.8, 4) is 0 Å². The minimum Gasteiger partial charge on any atom is -0.481 e. The largest absolute Gasteiger partial charge is 0.481 e. The summed E-state index contributed by atoms with van der Waals surface area (Å²) in [6.07, 6.45) is -0.660. The summed E-state index contributed by atoms with van der Waals surface area (Å²) >= 11 is 6.13. The lowest BCUT2D eigenvalue weighted by Crippen LogP contribution is -2.41. The first-order valence-electron chi connectivity index (χ1n) is 9.74. The number of carbonyl (C=O) groups is 3. The Morgan fingerprint density at radius 1 is 1.06 bits per heavy atom. The molecule has 3 aromatic rings. The molecular weight excluding hydrogens is 452 g/mol. The second-order valence-electron chi connectivity index (χ2n) is 7.16. The molecule has 0 aliphatic carbocycles. The third kappa shape index (κ3) is 5.98. The molecule has 1 heterocycles. The molecule has 0 aliphatic heterocycles. The van der Waals surface area contributed by atoms with Crippen LogP contribution in [0.4, 0.5) is 17.5 Å². The molecule has 2 aromatic carbocycles. The van der Waals surface area contributed by atoms with Gasteiger partial charge in [-0.05, 0) is 42.3 Å². The minimum atomic E-state index is -1.36. The topological polar surface area (TPSA) is 194 Å². The fourth-order valence-electron chi connectivity index (χ4n) is 3.10. The summed E-state index contributed by atoms with van der Waals surface area (Å²) in [5.74, 6) is -2.87. The average Bonchev–Trinajstić information content (AvgIpc) is 2.75. The zero-order valence-corrected chi connectivity index (χ0v) is 18.0. The quantitative estimate of drug-likeness (QED) is 0.268. The van der Waals surface area contributed by atoms with E-state index >= 15 is 0 Å². The predicted octanol–water partition coefficient (Wildman–Crippen LogP) is 2.11. The van der Waals surface area contributed by atoms with Crippen molar-refractivity contribution < 1.29 is 24.6 Å². The maximum Gasteiger partial charge on any atom is 0.326 e. The molecule has 0 fully saturated rings. The summed E-state index contributed by atoms with van der Waals surface area (Å²) < 4.78 is 0. The third-order valence-electron chi connectivity index (χ3n) is 4.76. The van der Waals surface area contributed by atoms with Crippen molar-refractivity contribution in [1.29, 1.82) is 0 Å². The number of benzene rings is 2. The molecule has 12 heteroatoms. The van der Waals surface area contributed by atoms with Crippen LogP contribution in [-0.2, 0) is 16.1 Å². The third-order valence-corrected chi connectivity index (χ3v) is 5.09. The highest BCUT2D eigenvalue weighted by Crippen LogP contribution is 2.23. The van der Waals surface area contributed by atoms with Gasteiger partial charge in [0.05, 0.1) is 16.1 Å². The maximum absolute atomic E-state index is 12.6. The number of aliphatic carboxylic acids is 2. The molecule has 33 heavy (non-hydrogen) atoms. The molecule has 0 spiro atoms. The number of carboxylic acids is 2. The Kier molecular flexibility index (Phi) is 7.13. The van der Waals surface area contributed by atoms with Gasteiger partial charge in [-0.15, -0.1) is 0 Å².